The Morgan fingerprint density at radius 3 is 2.11 bits per heavy atom. The minimum absolute atomic E-state index is 0.0379. The number of nitrogens with one attached hydrogen (secondary N) is 1. The van der Waals surface area contributed by atoms with Gasteiger partial charge in [-0.1, -0.05) is 12.1 Å². The summed E-state index contributed by atoms with van der Waals surface area (Å²) in [6.07, 6.45) is 0. The average molecular weight is 379 g/mol. The van der Waals surface area contributed by atoms with Crippen LogP contribution in [-0.2, 0) is 16.1 Å². The van der Waals surface area contributed by atoms with E-state index in [2.05, 4.69) is 4.74 Å². The van der Waals surface area contributed by atoms with Crippen LogP contribution in [-0.4, -0.2) is 36.1 Å². The smallest absolute Gasteiger partial charge is 0.387 e. The molecule has 0 saturated heterocycles. The summed E-state index contributed by atoms with van der Waals surface area (Å²) in [6, 6.07) is 10.6. The maximum atomic E-state index is 12.1. The summed E-state index contributed by atoms with van der Waals surface area (Å²) in [5, 5.41) is 10.9. The Bertz CT molecular complexity index is 806. The number of carbonyl (C=O) groups excluding carboxylic acids is 3. The Labute approximate surface area is 152 Å². The molecule has 0 bridgehead atoms. The first-order valence-corrected chi connectivity index (χ1v) is 7.65. The standard InChI is InChI=1S/C18H15F2NO6/c19-18(20)27-14-7-5-12(6-8-14)16(24)21-15(23)10-26-17(25)13-3-1-11(9-22)2-4-13/h1-8,18,22H,9-10H2,(H,21,23,24). The summed E-state index contributed by atoms with van der Waals surface area (Å²) in [4.78, 5) is 35.4. The van der Waals surface area contributed by atoms with Crippen LogP contribution in [0.25, 0.3) is 0 Å². The number of halogens is 2. The van der Waals surface area contributed by atoms with E-state index >= 15 is 0 Å². The molecule has 0 aromatic heterocycles. The van der Waals surface area contributed by atoms with Crippen molar-refractivity contribution in [2.45, 2.75) is 13.2 Å². The molecule has 0 radical (unpaired) electrons. The third-order valence-corrected chi connectivity index (χ3v) is 3.30. The predicted molar refractivity (Wildman–Crippen MR) is 88.2 cm³/mol. The fraction of sp³-hybridized carbons (Fsp3) is 0.167. The van der Waals surface area contributed by atoms with E-state index in [1.54, 1.807) is 0 Å². The molecule has 0 aliphatic heterocycles. The fourth-order valence-corrected chi connectivity index (χ4v) is 1.98. The average Bonchev–Trinajstić information content (AvgIpc) is 2.66. The highest BCUT2D eigenvalue weighted by atomic mass is 19.3. The Kier molecular flexibility index (Phi) is 6.95. The van der Waals surface area contributed by atoms with Crippen LogP contribution in [0.5, 0.6) is 5.75 Å². The summed E-state index contributed by atoms with van der Waals surface area (Å²) >= 11 is 0. The number of esters is 1. The fourth-order valence-electron chi connectivity index (χ4n) is 1.98. The zero-order valence-corrected chi connectivity index (χ0v) is 13.9. The van der Waals surface area contributed by atoms with Gasteiger partial charge in [-0.25, -0.2) is 4.79 Å². The third kappa shape index (κ3) is 6.15. The molecule has 2 aromatic carbocycles. The van der Waals surface area contributed by atoms with Crippen LogP contribution in [0.1, 0.15) is 26.3 Å². The number of amides is 2. The van der Waals surface area contributed by atoms with Crippen molar-refractivity contribution in [3.63, 3.8) is 0 Å². The number of imide groups is 1. The molecule has 2 amide bonds. The van der Waals surface area contributed by atoms with Crippen LogP contribution in [0.15, 0.2) is 48.5 Å². The van der Waals surface area contributed by atoms with Gasteiger partial charge in [0.2, 0.25) is 0 Å². The number of benzene rings is 2. The second-order valence-electron chi connectivity index (χ2n) is 5.21. The molecule has 2 aromatic rings. The summed E-state index contributed by atoms with van der Waals surface area (Å²) in [5.74, 6) is -2.54. The van der Waals surface area contributed by atoms with Gasteiger partial charge < -0.3 is 14.6 Å². The number of hydrogen-bond acceptors (Lipinski definition) is 6. The lowest BCUT2D eigenvalue weighted by atomic mass is 10.1. The van der Waals surface area contributed by atoms with Crippen molar-refractivity contribution < 1.29 is 37.7 Å². The third-order valence-electron chi connectivity index (χ3n) is 3.30. The van der Waals surface area contributed by atoms with Gasteiger partial charge in [-0.15, -0.1) is 0 Å². The van der Waals surface area contributed by atoms with Crippen molar-refractivity contribution in [2.24, 2.45) is 0 Å². The molecular formula is C18H15F2NO6. The van der Waals surface area contributed by atoms with Crippen molar-refractivity contribution in [3.05, 3.63) is 65.2 Å². The highest BCUT2D eigenvalue weighted by Gasteiger charge is 2.14. The van der Waals surface area contributed by atoms with Gasteiger partial charge in [-0.3, -0.25) is 14.9 Å². The topological polar surface area (TPSA) is 102 Å². The number of alkyl halides is 2. The molecule has 142 valence electrons. The Balaban J connectivity index is 1.83. The number of rotatable bonds is 7. The predicted octanol–water partition coefficient (Wildman–Crippen LogP) is 1.89. The van der Waals surface area contributed by atoms with E-state index in [0.717, 1.165) is 12.1 Å². The van der Waals surface area contributed by atoms with Crippen molar-refractivity contribution in [1.82, 2.24) is 5.32 Å². The molecule has 2 rings (SSSR count). The van der Waals surface area contributed by atoms with Crippen LogP contribution in [0.3, 0.4) is 0 Å². The molecule has 9 heteroatoms. The molecule has 0 fully saturated rings. The minimum atomic E-state index is -2.99. The lowest BCUT2D eigenvalue weighted by molar-refractivity contribution is -0.123. The highest BCUT2D eigenvalue weighted by Crippen LogP contribution is 2.14. The summed E-state index contributed by atoms with van der Waals surface area (Å²) in [6.45, 7) is -3.84. The molecule has 0 unspecified atom stereocenters. The van der Waals surface area contributed by atoms with E-state index in [9.17, 15) is 23.2 Å². The van der Waals surface area contributed by atoms with E-state index in [4.69, 9.17) is 9.84 Å². The SMILES string of the molecule is O=C(COC(=O)c1ccc(CO)cc1)NC(=O)c1ccc(OC(F)F)cc1. The molecule has 27 heavy (non-hydrogen) atoms. The molecule has 0 saturated carbocycles. The van der Waals surface area contributed by atoms with Crippen LogP contribution in [0.2, 0.25) is 0 Å². The van der Waals surface area contributed by atoms with Gasteiger partial charge in [0.1, 0.15) is 5.75 Å². The van der Waals surface area contributed by atoms with Gasteiger partial charge in [-0.05, 0) is 42.0 Å². The molecular weight excluding hydrogens is 364 g/mol. The normalized spacial score (nSPS) is 10.4. The van der Waals surface area contributed by atoms with Crippen LogP contribution in [0.4, 0.5) is 8.78 Å². The van der Waals surface area contributed by atoms with E-state index in [0.29, 0.717) is 5.56 Å². The van der Waals surface area contributed by atoms with Crippen molar-refractivity contribution in [2.75, 3.05) is 6.61 Å². The van der Waals surface area contributed by atoms with Crippen molar-refractivity contribution in [3.8, 4) is 5.75 Å². The first kappa shape index (κ1) is 20.0. The summed E-state index contributed by atoms with van der Waals surface area (Å²) in [5.41, 5.74) is 0.830. The first-order valence-electron chi connectivity index (χ1n) is 7.65. The van der Waals surface area contributed by atoms with Gasteiger partial charge in [0.05, 0.1) is 12.2 Å². The maximum Gasteiger partial charge on any atom is 0.387 e. The molecule has 0 spiro atoms. The quantitative estimate of drug-likeness (QED) is 0.713. The zero-order valence-electron chi connectivity index (χ0n) is 13.9. The van der Waals surface area contributed by atoms with Crippen LogP contribution < -0.4 is 10.1 Å². The first-order chi connectivity index (χ1) is 12.9. The molecule has 0 atom stereocenters. The molecule has 0 aliphatic rings. The second kappa shape index (κ2) is 9.39. The highest BCUT2D eigenvalue weighted by molar-refractivity contribution is 6.05. The molecule has 2 N–H and O–H groups in total. The lowest BCUT2D eigenvalue weighted by Gasteiger charge is -2.07. The van der Waals surface area contributed by atoms with Gasteiger partial charge in [0.15, 0.2) is 6.61 Å². The second-order valence-corrected chi connectivity index (χ2v) is 5.21. The lowest BCUT2D eigenvalue weighted by Crippen LogP contribution is -2.34. The molecule has 0 heterocycles. The van der Waals surface area contributed by atoms with E-state index in [1.807, 2.05) is 5.32 Å². The zero-order chi connectivity index (χ0) is 19.8. The number of hydrogen-bond donors (Lipinski definition) is 2. The molecule has 0 aliphatic carbocycles. The monoisotopic (exact) mass is 379 g/mol. The van der Waals surface area contributed by atoms with Crippen molar-refractivity contribution >= 4 is 17.8 Å². The van der Waals surface area contributed by atoms with E-state index < -0.39 is 31.0 Å². The number of ether oxygens (including phenoxy) is 2. The summed E-state index contributed by atoms with van der Waals surface area (Å²) in [7, 11) is 0. The van der Waals surface area contributed by atoms with Gasteiger partial charge in [0, 0.05) is 5.56 Å². The maximum absolute atomic E-state index is 12.1. The van der Waals surface area contributed by atoms with E-state index in [1.165, 1.54) is 36.4 Å². The number of aliphatic hydroxyl groups excluding tert-OH is 1. The largest absolute Gasteiger partial charge is 0.452 e. The Hall–Kier alpha value is -3.33. The Morgan fingerprint density at radius 1 is 0.963 bits per heavy atom. The van der Waals surface area contributed by atoms with Crippen LogP contribution >= 0.6 is 0 Å². The van der Waals surface area contributed by atoms with Gasteiger partial charge >= 0.3 is 12.6 Å². The Morgan fingerprint density at radius 2 is 1.56 bits per heavy atom. The number of aliphatic hydroxyl groups is 1. The van der Waals surface area contributed by atoms with Crippen LogP contribution in [0, 0.1) is 0 Å². The summed E-state index contributed by atoms with van der Waals surface area (Å²) < 4.78 is 33.1. The molecule has 7 nitrogen and oxygen atoms in total. The number of carbonyl (C=O) groups is 3. The van der Waals surface area contributed by atoms with Gasteiger partial charge in [-0.2, -0.15) is 8.78 Å². The van der Waals surface area contributed by atoms with Crippen molar-refractivity contribution in [1.29, 1.82) is 0 Å². The van der Waals surface area contributed by atoms with Gasteiger partial charge in [0.25, 0.3) is 11.8 Å². The minimum Gasteiger partial charge on any atom is -0.452 e. The van der Waals surface area contributed by atoms with E-state index in [-0.39, 0.29) is 23.5 Å².